The first-order valence-electron chi connectivity index (χ1n) is 8.14. The lowest BCUT2D eigenvalue weighted by molar-refractivity contribution is 0.0527. The van der Waals surface area contributed by atoms with Crippen LogP contribution in [0.15, 0.2) is 0 Å². The maximum absolute atomic E-state index is 11.5. The second-order valence-corrected chi connectivity index (χ2v) is 7.34. The molecule has 1 amide bonds. The third-order valence-corrected chi connectivity index (χ3v) is 4.23. The van der Waals surface area contributed by atoms with Gasteiger partial charge in [0.1, 0.15) is 5.60 Å². The fraction of sp³-hybridized carbons (Fsp3) is 0.938. The van der Waals surface area contributed by atoms with E-state index >= 15 is 0 Å². The van der Waals surface area contributed by atoms with E-state index in [1.54, 1.807) is 0 Å². The number of alkyl carbamates (subject to hydrolysis) is 1. The van der Waals surface area contributed by atoms with Crippen molar-refractivity contribution in [3.05, 3.63) is 0 Å². The zero-order valence-electron chi connectivity index (χ0n) is 13.2. The standard InChI is InChI=1S/C16H30N2O2/c1-16(2,3)20-15(19)18-10-9-17-14-6-4-5-13(11-14)12-7-8-12/h12-14,17H,4-11H2,1-3H3,(H,18,19). The number of ether oxygens (including phenoxy) is 1. The van der Waals surface area contributed by atoms with Crippen LogP contribution in [0.3, 0.4) is 0 Å². The number of carbonyl (C=O) groups excluding carboxylic acids is 1. The zero-order valence-corrected chi connectivity index (χ0v) is 13.2. The van der Waals surface area contributed by atoms with Crippen LogP contribution in [-0.2, 0) is 4.74 Å². The van der Waals surface area contributed by atoms with Gasteiger partial charge in [0.2, 0.25) is 0 Å². The minimum absolute atomic E-state index is 0.321. The largest absolute Gasteiger partial charge is 0.444 e. The molecule has 20 heavy (non-hydrogen) atoms. The van der Waals surface area contributed by atoms with Crippen LogP contribution in [0.25, 0.3) is 0 Å². The molecular formula is C16H30N2O2. The van der Waals surface area contributed by atoms with Crippen LogP contribution in [0.5, 0.6) is 0 Å². The number of hydrogen-bond acceptors (Lipinski definition) is 3. The van der Waals surface area contributed by atoms with Gasteiger partial charge >= 0.3 is 6.09 Å². The second kappa shape index (κ2) is 6.79. The number of carbonyl (C=O) groups is 1. The van der Waals surface area contributed by atoms with Gasteiger partial charge in [-0.3, -0.25) is 0 Å². The molecule has 0 aromatic rings. The molecule has 2 aliphatic rings. The van der Waals surface area contributed by atoms with Gasteiger partial charge in [0.05, 0.1) is 0 Å². The van der Waals surface area contributed by atoms with Crippen molar-refractivity contribution in [1.29, 1.82) is 0 Å². The first-order chi connectivity index (χ1) is 9.44. The lowest BCUT2D eigenvalue weighted by atomic mass is 9.83. The highest BCUT2D eigenvalue weighted by Crippen LogP contribution is 2.43. The molecule has 2 aliphatic carbocycles. The fourth-order valence-electron chi connectivity index (χ4n) is 3.16. The molecule has 2 fully saturated rings. The predicted octanol–water partition coefficient (Wildman–Crippen LogP) is 3.07. The third-order valence-electron chi connectivity index (χ3n) is 4.23. The van der Waals surface area contributed by atoms with Gasteiger partial charge in [0.15, 0.2) is 0 Å². The molecule has 0 spiro atoms. The number of rotatable bonds is 5. The summed E-state index contributed by atoms with van der Waals surface area (Å²) in [6.45, 7) is 7.11. The smallest absolute Gasteiger partial charge is 0.407 e. The Hall–Kier alpha value is -0.770. The molecule has 0 heterocycles. The summed E-state index contributed by atoms with van der Waals surface area (Å²) in [5.74, 6) is 1.99. The van der Waals surface area contributed by atoms with E-state index in [2.05, 4.69) is 10.6 Å². The second-order valence-electron chi connectivity index (χ2n) is 7.34. The van der Waals surface area contributed by atoms with Crippen molar-refractivity contribution in [2.24, 2.45) is 11.8 Å². The van der Waals surface area contributed by atoms with Gasteiger partial charge < -0.3 is 15.4 Å². The molecule has 4 heteroatoms. The molecule has 0 aliphatic heterocycles. The molecule has 2 unspecified atom stereocenters. The van der Waals surface area contributed by atoms with Crippen LogP contribution in [0, 0.1) is 11.8 Å². The zero-order chi connectivity index (χ0) is 14.6. The summed E-state index contributed by atoms with van der Waals surface area (Å²) < 4.78 is 5.21. The van der Waals surface area contributed by atoms with Crippen LogP contribution >= 0.6 is 0 Å². The van der Waals surface area contributed by atoms with Crippen LogP contribution in [-0.4, -0.2) is 30.8 Å². The van der Waals surface area contributed by atoms with Gasteiger partial charge in [-0.15, -0.1) is 0 Å². The SMILES string of the molecule is CC(C)(C)OC(=O)NCCNC1CCCC(C2CC2)C1. The van der Waals surface area contributed by atoms with Gasteiger partial charge in [-0.1, -0.05) is 12.8 Å². The van der Waals surface area contributed by atoms with Crippen LogP contribution in [0.2, 0.25) is 0 Å². The summed E-state index contributed by atoms with van der Waals surface area (Å²) in [5, 5.41) is 6.38. The summed E-state index contributed by atoms with van der Waals surface area (Å²) >= 11 is 0. The lowest BCUT2D eigenvalue weighted by Gasteiger charge is -2.30. The maximum Gasteiger partial charge on any atom is 0.407 e. The van der Waals surface area contributed by atoms with Crippen molar-refractivity contribution in [2.75, 3.05) is 13.1 Å². The van der Waals surface area contributed by atoms with E-state index in [1.807, 2.05) is 20.8 Å². The summed E-state index contributed by atoms with van der Waals surface area (Å²) in [7, 11) is 0. The Morgan fingerprint density at radius 2 is 1.85 bits per heavy atom. The Morgan fingerprint density at radius 3 is 2.50 bits per heavy atom. The lowest BCUT2D eigenvalue weighted by Crippen LogP contribution is -2.41. The summed E-state index contributed by atoms with van der Waals surface area (Å²) in [4.78, 5) is 11.5. The van der Waals surface area contributed by atoms with Crippen molar-refractivity contribution in [2.45, 2.75) is 70.9 Å². The highest BCUT2D eigenvalue weighted by molar-refractivity contribution is 5.67. The van der Waals surface area contributed by atoms with Gasteiger partial charge in [-0.25, -0.2) is 4.79 Å². The third kappa shape index (κ3) is 5.70. The number of amides is 1. The van der Waals surface area contributed by atoms with E-state index in [0.29, 0.717) is 12.6 Å². The number of hydrogen-bond donors (Lipinski definition) is 2. The van der Waals surface area contributed by atoms with E-state index in [0.717, 1.165) is 18.4 Å². The van der Waals surface area contributed by atoms with Crippen molar-refractivity contribution in [3.8, 4) is 0 Å². The maximum atomic E-state index is 11.5. The van der Waals surface area contributed by atoms with Gasteiger partial charge in [0, 0.05) is 19.1 Å². The molecule has 0 bridgehead atoms. The molecular weight excluding hydrogens is 252 g/mol. The molecule has 0 aromatic carbocycles. The van der Waals surface area contributed by atoms with E-state index in [4.69, 9.17) is 4.74 Å². The Kier molecular flexibility index (Phi) is 5.30. The minimum Gasteiger partial charge on any atom is -0.444 e. The van der Waals surface area contributed by atoms with E-state index in [-0.39, 0.29) is 6.09 Å². The molecule has 2 saturated carbocycles. The van der Waals surface area contributed by atoms with Crippen LogP contribution < -0.4 is 10.6 Å². The quantitative estimate of drug-likeness (QED) is 0.762. The monoisotopic (exact) mass is 282 g/mol. The normalized spacial score (nSPS) is 27.1. The molecule has 0 saturated heterocycles. The molecule has 0 aromatic heterocycles. The average Bonchev–Trinajstić information content (AvgIpc) is 3.17. The molecule has 4 nitrogen and oxygen atoms in total. The highest BCUT2D eigenvalue weighted by atomic mass is 16.6. The van der Waals surface area contributed by atoms with Gasteiger partial charge in [-0.2, -0.15) is 0 Å². The van der Waals surface area contributed by atoms with Gasteiger partial charge in [0.25, 0.3) is 0 Å². The van der Waals surface area contributed by atoms with Crippen LogP contribution in [0.1, 0.15) is 59.3 Å². The Labute approximate surface area is 123 Å². The molecule has 2 N–H and O–H groups in total. The molecule has 2 atom stereocenters. The topological polar surface area (TPSA) is 50.4 Å². The summed E-state index contributed by atoms with van der Waals surface area (Å²) in [6.07, 6.45) is 8.00. The first kappa shape index (κ1) is 15.6. The average molecular weight is 282 g/mol. The van der Waals surface area contributed by atoms with Gasteiger partial charge in [-0.05, 0) is 58.3 Å². The van der Waals surface area contributed by atoms with Crippen molar-refractivity contribution < 1.29 is 9.53 Å². The Bertz CT molecular complexity index is 321. The molecule has 2 rings (SSSR count). The highest BCUT2D eigenvalue weighted by Gasteiger charge is 2.34. The first-order valence-corrected chi connectivity index (χ1v) is 8.14. The van der Waals surface area contributed by atoms with Crippen LogP contribution in [0.4, 0.5) is 4.79 Å². The van der Waals surface area contributed by atoms with E-state index in [9.17, 15) is 4.79 Å². The Morgan fingerprint density at radius 1 is 1.10 bits per heavy atom. The van der Waals surface area contributed by atoms with E-state index < -0.39 is 5.60 Å². The predicted molar refractivity (Wildman–Crippen MR) is 80.7 cm³/mol. The Balaban J connectivity index is 1.55. The minimum atomic E-state index is -0.418. The summed E-state index contributed by atoms with van der Waals surface area (Å²) in [6, 6.07) is 0.648. The summed E-state index contributed by atoms with van der Waals surface area (Å²) in [5.41, 5.74) is -0.418. The molecule has 116 valence electrons. The number of nitrogens with one attached hydrogen (secondary N) is 2. The fourth-order valence-corrected chi connectivity index (χ4v) is 3.16. The van der Waals surface area contributed by atoms with Crippen molar-refractivity contribution in [3.63, 3.8) is 0 Å². The van der Waals surface area contributed by atoms with E-state index in [1.165, 1.54) is 38.5 Å². The van der Waals surface area contributed by atoms with Crippen molar-refractivity contribution in [1.82, 2.24) is 10.6 Å². The molecule has 0 radical (unpaired) electrons. The van der Waals surface area contributed by atoms with Crippen molar-refractivity contribution >= 4 is 6.09 Å².